The molecule has 1 atom stereocenters. The molecular formula is C17H14BrN5O3. The number of benzene rings is 1. The zero-order chi connectivity index (χ0) is 18.1. The van der Waals surface area contributed by atoms with Gasteiger partial charge in [-0.25, -0.2) is 4.98 Å². The normalized spacial score (nSPS) is 16.8. The fourth-order valence-electron chi connectivity index (χ4n) is 3.08. The van der Waals surface area contributed by atoms with E-state index in [-0.39, 0.29) is 11.7 Å². The maximum Gasteiger partial charge on any atom is 0.287 e. The molecule has 0 spiro atoms. The zero-order valence-electron chi connectivity index (χ0n) is 13.6. The summed E-state index contributed by atoms with van der Waals surface area (Å²) < 4.78 is 6.41. The Labute approximate surface area is 157 Å². The van der Waals surface area contributed by atoms with Gasteiger partial charge in [0.15, 0.2) is 0 Å². The average Bonchev–Trinajstić information content (AvgIpc) is 3.31. The van der Waals surface area contributed by atoms with Crippen molar-refractivity contribution in [3.63, 3.8) is 0 Å². The van der Waals surface area contributed by atoms with Crippen LogP contribution in [0.1, 0.15) is 24.8 Å². The molecule has 0 saturated carbocycles. The topological polar surface area (TPSA) is 98.2 Å². The van der Waals surface area contributed by atoms with Crippen molar-refractivity contribution < 1.29 is 9.45 Å². The Morgan fingerprint density at radius 3 is 2.85 bits per heavy atom. The van der Waals surface area contributed by atoms with E-state index in [0.717, 1.165) is 29.4 Å². The lowest BCUT2D eigenvalue weighted by Crippen LogP contribution is -2.23. The van der Waals surface area contributed by atoms with Crippen LogP contribution in [-0.4, -0.2) is 26.6 Å². The van der Waals surface area contributed by atoms with Crippen molar-refractivity contribution >= 4 is 27.4 Å². The standard InChI is InChI=1S/C17H14BrN5O3/c18-13-5-2-1-4-12(13)16-20-17(26-21-16)14-6-3-9-22(14)15-8-7-11(10-19-15)23(24)25/h1-2,4-5,7-8,10,14H,3,6,9H2. The minimum absolute atomic E-state index is 0.0292. The van der Waals surface area contributed by atoms with Crippen molar-refractivity contribution in [2.24, 2.45) is 0 Å². The minimum Gasteiger partial charge on any atom is -0.345 e. The maximum absolute atomic E-state index is 10.8. The summed E-state index contributed by atoms with van der Waals surface area (Å²) >= 11 is 3.50. The van der Waals surface area contributed by atoms with Crippen LogP contribution in [0.3, 0.4) is 0 Å². The molecule has 0 N–H and O–H groups in total. The predicted octanol–water partition coefficient (Wildman–Crippen LogP) is 4.14. The summed E-state index contributed by atoms with van der Waals surface area (Å²) in [6.07, 6.45) is 3.08. The van der Waals surface area contributed by atoms with Crippen LogP contribution in [0.4, 0.5) is 11.5 Å². The predicted molar refractivity (Wildman–Crippen MR) is 97.6 cm³/mol. The van der Waals surface area contributed by atoms with Crippen molar-refractivity contribution in [2.75, 3.05) is 11.4 Å². The van der Waals surface area contributed by atoms with Crippen molar-refractivity contribution in [3.8, 4) is 11.4 Å². The van der Waals surface area contributed by atoms with Crippen molar-refractivity contribution in [3.05, 3.63) is 63.1 Å². The van der Waals surface area contributed by atoms with Crippen LogP contribution in [0.25, 0.3) is 11.4 Å². The van der Waals surface area contributed by atoms with Gasteiger partial charge in [0.2, 0.25) is 11.7 Å². The monoisotopic (exact) mass is 415 g/mol. The first-order valence-corrected chi connectivity index (χ1v) is 8.88. The molecule has 2 aromatic heterocycles. The molecule has 26 heavy (non-hydrogen) atoms. The number of anilines is 1. The molecule has 9 heteroatoms. The van der Waals surface area contributed by atoms with Gasteiger partial charge in [-0.1, -0.05) is 33.2 Å². The number of nitrogens with zero attached hydrogens (tertiary/aromatic N) is 5. The van der Waals surface area contributed by atoms with E-state index >= 15 is 0 Å². The summed E-state index contributed by atoms with van der Waals surface area (Å²) in [6, 6.07) is 10.7. The Balaban J connectivity index is 1.61. The third kappa shape index (κ3) is 3.05. The molecule has 4 rings (SSSR count). The maximum atomic E-state index is 10.8. The third-order valence-electron chi connectivity index (χ3n) is 4.33. The van der Waals surface area contributed by atoms with Crippen LogP contribution in [0.5, 0.6) is 0 Å². The van der Waals surface area contributed by atoms with Gasteiger partial charge in [-0.3, -0.25) is 10.1 Å². The number of hydrogen-bond donors (Lipinski definition) is 0. The van der Waals surface area contributed by atoms with E-state index in [0.29, 0.717) is 17.5 Å². The molecule has 0 amide bonds. The molecule has 0 radical (unpaired) electrons. The van der Waals surface area contributed by atoms with E-state index < -0.39 is 4.92 Å². The summed E-state index contributed by atoms with van der Waals surface area (Å²) in [5, 5.41) is 14.9. The molecule has 1 unspecified atom stereocenters. The van der Waals surface area contributed by atoms with Gasteiger partial charge in [0.1, 0.15) is 18.1 Å². The van der Waals surface area contributed by atoms with Gasteiger partial charge in [0.25, 0.3) is 5.69 Å². The Kier molecular flexibility index (Phi) is 4.37. The van der Waals surface area contributed by atoms with Gasteiger partial charge in [0.05, 0.1) is 4.92 Å². The van der Waals surface area contributed by atoms with E-state index in [1.165, 1.54) is 12.3 Å². The number of aromatic nitrogens is 3. The highest BCUT2D eigenvalue weighted by Gasteiger charge is 2.32. The van der Waals surface area contributed by atoms with Crippen molar-refractivity contribution in [2.45, 2.75) is 18.9 Å². The summed E-state index contributed by atoms with van der Waals surface area (Å²) in [4.78, 5) is 21.2. The number of hydrogen-bond acceptors (Lipinski definition) is 7. The van der Waals surface area contributed by atoms with Crippen LogP contribution in [0.2, 0.25) is 0 Å². The number of rotatable bonds is 4. The Bertz CT molecular complexity index is 944. The molecule has 1 aliphatic heterocycles. The molecule has 0 aliphatic carbocycles. The molecular weight excluding hydrogens is 402 g/mol. The molecule has 0 bridgehead atoms. The van der Waals surface area contributed by atoms with Crippen LogP contribution >= 0.6 is 15.9 Å². The van der Waals surface area contributed by atoms with Gasteiger partial charge in [0, 0.05) is 22.6 Å². The molecule has 1 saturated heterocycles. The lowest BCUT2D eigenvalue weighted by atomic mass is 10.2. The highest BCUT2D eigenvalue weighted by atomic mass is 79.9. The summed E-state index contributed by atoms with van der Waals surface area (Å²) in [5.74, 6) is 1.71. The first-order valence-electron chi connectivity index (χ1n) is 8.09. The quantitative estimate of drug-likeness (QED) is 0.466. The first kappa shape index (κ1) is 16.6. The van der Waals surface area contributed by atoms with E-state index in [1.807, 2.05) is 29.2 Å². The number of halogens is 1. The molecule has 3 heterocycles. The highest BCUT2D eigenvalue weighted by molar-refractivity contribution is 9.10. The lowest BCUT2D eigenvalue weighted by Gasteiger charge is -2.22. The SMILES string of the molecule is O=[N+]([O-])c1ccc(N2CCCC2c2nc(-c3ccccc3Br)no2)nc1. The van der Waals surface area contributed by atoms with Crippen molar-refractivity contribution in [1.29, 1.82) is 0 Å². The largest absolute Gasteiger partial charge is 0.345 e. The van der Waals surface area contributed by atoms with E-state index in [2.05, 4.69) is 31.1 Å². The van der Waals surface area contributed by atoms with Crippen LogP contribution in [-0.2, 0) is 0 Å². The van der Waals surface area contributed by atoms with Crippen LogP contribution in [0, 0.1) is 10.1 Å². The second-order valence-electron chi connectivity index (χ2n) is 5.92. The van der Waals surface area contributed by atoms with Gasteiger partial charge >= 0.3 is 0 Å². The smallest absolute Gasteiger partial charge is 0.287 e. The number of pyridine rings is 1. The summed E-state index contributed by atoms with van der Waals surface area (Å²) in [5.41, 5.74) is 0.832. The first-order chi connectivity index (χ1) is 12.6. The Morgan fingerprint density at radius 2 is 2.12 bits per heavy atom. The Hall–Kier alpha value is -2.81. The molecule has 3 aromatic rings. The third-order valence-corrected chi connectivity index (χ3v) is 5.02. The van der Waals surface area contributed by atoms with E-state index in [9.17, 15) is 10.1 Å². The fourth-order valence-corrected chi connectivity index (χ4v) is 3.54. The zero-order valence-corrected chi connectivity index (χ0v) is 15.2. The fraction of sp³-hybridized carbons (Fsp3) is 0.235. The molecule has 1 aromatic carbocycles. The molecule has 132 valence electrons. The number of nitro groups is 1. The van der Waals surface area contributed by atoms with Gasteiger partial charge in [-0.05, 0) is 31.0 Å². The molecule has 1 fully saturated rings. The van der Waals surface area contributed by atoms with Crippen molar-refractivity contribution in [1.82, 2.24) is 15.1 Å². The second kappa shape index (κ2) is 6.83. The van der Waals surface area contributed by atoms with Crippen LogP contribution < -0.4 is 4.90 Å². The second-order valence-corrected chi connectivity index (χ2v) is 6.77. The van der Waals surface area contributed by atoms with Gasteiger partial charge < -0.3 is 9.42 Å². The van der Waals surface area contributed by atoms with Gasteiger partial charge in [-0.15, -0.1) is 0 Å². The summed E-state index contributed by atoms with van der Waals surface area (Å²) in [7, 11) is 0. The van der Waals surface area contributed by atoms with Crippen LogP contribution in [0.15, 0.2) is 51.6 Å². The molecule has 8 nitrogen and oxygen atoms in total. The Morgan fingerprint density at radius 1 is 1.27 bits per heavy atom. The summed E-state index contributed by atoms with van der Waals surface area (Å²) in [6.45, 7) is 0.780. The molecule has 1 aliphatic rings. The minimum atomic E-state index is -0.458. The average molecular weight is 416 g/mol. The van der Waals surface area contributed by atoms with Gasteiger partial charge in [-0.2, -0.15) is 4.98 Å². The highest BCUT2D eigenvalue weighted by Crippen LogP contribution is 2.36. The van der Waals surface area contributed by atoms with E-state index in [4.69, 9.17) is 4.52 Å². The lowest BCUT2D eigenvalue weighted by molar-refractivity contribution is -0.385. The van der Waals surface area contributed by atoms with E-state index in [1.54, 1.807) is 6.07 Å².